The number of carbonyl (C=O) groups excluding carboxylic acids is 2. The molecule has 2 aromatic carbocycles. The van der Waals surface area contributed by atoms with E-state index in [0.29, 0.717) is 16.9 Å². The maximum Gasteiger partial charge on any atom is 0.255 e. The lowest BCUT2D eigenvalue weighted by molar-refractivity contribution is -0.299. The first-order chi connectivity index (χ1) is 11.5. The molecular weight excluding hydrogens is 306 g/mol. The molecule has 0 aliphatic heterocycles. The fraction of sp³-hybridized carbons (Fsp3) is 0.158. The lowest BCUT2D eigenvalue weighted by atomic mass is 10.1. The lowest BCUT2D eigenvalue weighted by Gasteiger charge is -2.12. The van der Waals surface area contributed by atoms with Crippen molar-refractivity contribution in [3.8, 4) is 5.75 Å². The second-order valence-electron chi connectivity index (χ2n) is 5.40. The third-order valence-electron chi connectivity index (χ3n) is 3.07. The van der Waals surface area contributed by atoms with Crippen LogP contribution in [0.3, 0.4) is 0 Å². The molecule has 2 aromatic rings. The number of aliphatic carboxylic acids is 1. The number of carbonyl (C=O) groups is 2. The minimum absolute atomic E-state index is 0.0512. The molecule has 1 amide bonds. The Labute approximate surface area is 140 Å². The van der Waals surface area contributed by atoms with Gasteiger partial charge in [-0.2, -0.15) is 0 Å². The highest BCUT2D eigenvalue weighted by Crippen LogP contribution is 2.15. The zero-order valence-electron chi connectivity index (χ0n) is 13.5. The number of ether oxygens (including phenoxy) is 1. The minimum Gasteiger partial charge on any atom is -0.543 e. The van der Waals surface area contributed by atoms with Crippen molar-refractivity contribution in [3.05, 3.63) is 71.4 Å². The molecule has 2 rings (SSSR count). The topological polar surface area (TPSA) is 78.5 Å². The highest BCUT2D eigenvalue weighted by Gasteiger charge is 2.08. The monoisotopic (exact) mass is 324 g/mol. The fourth-order valence-electron chi connectivity index (χ4n) is 2.01. The molecule has 0 saturated heterocycles. The first-order valence-corrected chi connectivity index (χ1v) is 7.52. The molecule has 0 aromatic heterocycles. The SMILES string of the molecule is CC(C)Oc1ccc(/C=C(\NC(=O)c2ccccc2)C(=O)[O-])cc1. The van der Waals surface area contributed by atoms with Crippen LogP contribution in [-0.4, -0.2) is 18.0 Å². The van der Waals surface area contributed by atoms with Crippen molar-refractivity contribution in [3.63, 3.8) is 0 Å². The van der Waals surface area contributed by atoms with E-state index < -0.39 is 11.9 Å². The van der Waals surface area contributed by atoms with Crippen LogP contribution in [0.25, 0.3) is 6.08 Å². The number of nitrogens with one attached hydrogen (secondary N) is 1. The van der Waals surface area contributed by atoms with Gasteiger partial charge in [0.2, 0.25) is 0 Å². The van der Waals surface area contributed by atoms with Crippen LogP contribution < -0.4 is 15.2 Å². The van der Waals surface area contributed by atoms with Crippen LogP contribution in [-0.2, 0) is 4.79 Å². The Morgan fingerprint density at radius 2 is 1.67 bits per heavy atom. The summed E-state index contributed by atoms with van der Waals surface area (Å²) in [7, 11) is 0. The summed E-state index contributed by atoms with van der Waals surface area (Å²) in [6, 6.07) is 15.2. The summed E-state index contributed by atoms with van der Waals surface area (Å²) in [6.07, 6.45) is 1.39. The largest absolute Gasteiger partial charge is 0.543 e. The molecule has 0 atom stereocenters. The number of carboxylic acids is 1. The number of hydrogen-bond acceptors (Lipinski definition) is 4. The van der Waals surface area contributed by atoms with Gasteiger partial charge < -0.3 is 20.0 Å². The third kappa shape index (κ3) is 4.98. The van der Waals surface area contributed by atoms with E-state index in [9.17, 15) is 14.7 Å². The summed E-state index contributed by atoms with van der Waals surface area (Å²) in [6.45, 7) is 3.84. The Kier molecular flexibility index (Phi) is 5.73. The zero-order valence-corrected chi connectivity index (χ0v) is 13.5. The average Bonchev–Trinajstić information content (AvgIpc) is 2.56. The van der Waals surface area contributed by atoms with Crippen LogP contribution in [0.1, 0.15) is 29.8 Å². The summed E-state index contributed by atoms with van der Waals surface area (Å²) in [5, 5.41) is 13.6. The van der Waals surface area contributed by atoms with Gasteiger partial charge in [0.25, 0.3) is 5.91 Å². The highest BCUT2D eigenvalue weighted by atomic mass is 16.5. The van der Waals surface area contributed by atoms with Crippen molar-refractivity contribution >= 4 is 18.0 Å². The maximum absolute atomic E-state index is 12.1. The van der Waals surface area contributed by atoms with Crippen molar-refractivity contribution in [2.24, 2.45) is 0 Å². The fourth-order valence-corrected chi connectivity index (χ4v) is 2.01. The van der Waals surface area contributed by atoms with Gasteiger partial charge >= 0.3 is 0 Å². The molecule has 0 bridgehead atoms. The molecule has 0 unspecified atom stereocenters. The second-order valence-corrected chi connectivity index (χ2v) is 5.40. The van der Waals surface area contributed by atoms with E-state index in [1.807, 2.05) is 13.8 Å². The van der Waals surface area contributed by atoms with E-state index in [-0.39, 0.29) is 11.8 Å². The Morgan fingerprint density at radius 3 is 2.21 bits per heavy atom. The van der Waals surface area contributed by atoms with Gasteiger partial charge in [0, 0.05) is 5.56 Å². The van der Waals surface area contributed by atoms with E-state index >= 15 is 0 Å². The second kappa shape index (κ2) is 7.97. The first-order valence-electron chi connectivity index (χ1n) is 7.52. The Hall–Kier alpha value is -3.08. The van der Waals surface area contributed by atoms with E-state index in [0.717, 1.165) is 0 Å². The predicted molar refractivity (Wildman–Crippen MR) is 89.1 cm³/mol. The molecule has 124 valence electrons. The molecule has 0 spiro atoms. The van der Waals surface area contributed by atoms with Crippen LogP contribution in [0, 0.1) is 0 Å². The minimum atomic E-state index is -1.46. The standard InChI is InChI=1S/C19H19NO4/c1-13(2)24-16-10-8-14(9-11-16)12-17(19(22)23)20-18(21)15-6-4-3-5-7-15/h3-13H,1-2H3,(H,20,21)(H,22,23)/p-1/b17-12-. The van der Waals surface area contributed by atoms with Crippen LogP contribution in [0.5, 0.6) is 5.75 Å². The van der Waals surface area contributed by atoms with Crippen molar-refractivity contribution < 1.29 is 19.4 Å². The Balaban J connectivity index is 2.16. The molecule has 0 radical (unpaired) electrons. The quantitative estimate of drug-likeness (QED) is 0.824. The summed E-state index contributed by atoms with van der Waals surface area (Å²) >= 11 is 0. The smallest absolute Gasteiger partial charge is 0.255 e. The van der Waals surface area contributed by atoms with Crippen molar-refractivity contribution in [1.82, 2.24) is 5.32 Å². The van der Waals surface area contributed by atoms with E-state index in [4.69, 9.17) is 4.74 Å². The van der Waals surface area contributed by atoms with Gasteiger partial charge in [0.15, 0.2) is 0 Å². The van der Waals surface area contributed by atoms with Crippen LogP contribution >= 0.6 is 0 Å². The first kappa shape index (κ1) is 17.3. The Bertz CT molecular complexity index is 734. The van der Waals surface area contributed by atoms with Gasteiger partial charge in [0.05, 0.1) is 17.8 Å². The van der Waals surface area contributed by atoms with Gasteiger partial charge in [-0.3, -0.25) is 4.79 Å². The number of benzene rings is 2. The number of rotatable bonds is 6. The molecule has 0 aliphatic rings. The molecule has 5 nitrogen and oxygen atoms in total. The van der Waals surface area contributed by atoms with Crippen LogP contribution in [0.2, 0.25) is 0 Å². The molecule has 0 fully saturated rings. The molecule has 5 heteroatoms. The van der Waals surface area contributed by atoms with E-state index in [2.05, 4.69) is 5.32 Å². The molecule has 0 saturated carbocycles. The normalized spacial score (nSPS) is 11.2. The zero-order chi connectivity index (χ0) is 17.5. The number of amides is 1. The summed E-state index contributed by atoms with van der Waals surface area (Å²) in [5.74, 6) is -1.28. The number of carboxylic acid groups (broad SMARTS) is 1. The molecule has 0 aliphatic carbocycles. The van der Waals surface area contributed by atoms with E-state index in [1.54, 1.807) is 54.6 Å². The van der Waals surface area contributed by atoms with Gasteiger partial charge in [-0.05, 0) is 49.8 Å². The molecular formula is C19H18NO4-. The number of hydrogen-bond donors (Lipinski definition) is 1. The predicted octanol–water partition coefficient (Wildman–Crippen LogP) is 1.99. The molecule has 1 N–H and O–H groups in total. The van der Waals surface area contributed by atoms with E-state index in [1.165, 1.54) is 6.08 Å². The Morgan fingerprint density at radius 1 is 1.04 bits per heavy atom. The summed E-state index contributed by atoms with van der Waals surface area (Å²) in [5.41, 5.74) is 0.672. The van der Waals surface area contributed by atoms with Crippen LogP contribution in [0.4, 0.5) is 0 Å². The van der Waals surface area contributed by atoms with Crippen molar-refractivity contribution in [1.29, 1.82) is 0 Å². The van der Waals surface area contributed by atoms with Gasteiger partial charge in [0.1, 0.15) is 5.75 Å². The molecule has 0 heterocycles. The van der Waals surface area contributed by atoms with Gasteiger partial charge in [-0.1, -0.05) is 30.3 Å². The van der Waals surface area contributed by atoms with Crippen molar-refractivity contribution in [2.75, 3.05) is 0 Å². The third-order valence-corrected chi connectivity index (χ3v) is 3.07. The average molecular weight is 324 g/mol. The van der Waals surface area contributed by atoms with Crippen molar-refractivity contribution in [2.45, 2.75) is 20.0 Å². The molecule has 24 heavy (non-hydrogen) atoms. The maximum atomic E-state index is 12.1. The van der Waals surface area contributed by atoms with Crippen LogP contribution in [0.15, 0.2) is 60.3 Å². The van der Waals surface area contributed by atoms with Gasteiger partial charge in [-0.15, -0.1) is 0 Å². The summed E-state index contributed by atoms with van der Waals surface area (Å²) < 4.78 is 5.52. The lowest BCUT2D eigenvalue weighted by Crippen LogP contribution is -2.35. The van der Waals surface area contributed by atoms with Gasteiger partial charge in [-0.25, -0.2) is 0 Å². The highest BCUT2D eigenvalue weighted by molar-refractivity contribution is 6.02. The summed E-state index contributed by atoms with van der Waals surface area (Å²) in [4.78, 5) is 23.3.